The third-order valence-electron chi connectivity index (χ3n) is 19.2. The molecule has 16 rings (SSSR count). The minimum absolute atomic E-state index is 0.124. The molecule has 0 unspecified atom stereocenters. The predicted molar refractivity (Wildman–Crippen MR) is 351 cm³/mol. The first kappa shape index (κ1) is 47.5. The van der Waals surface area contributed by atoms with Gasteiger partial charge in [-0.1, -0.05) is 192 Å². The average molecular weight is 1040 g/mol. The van der Waals surface area contributed by atoms with E-state index in [0.717, 1.165) is 11.4 Å². The number of nitrogens with zero attached hydrogens (tertiary/aromatic N) is 2. The molecule has 0 saturated carbocycles. The summed E-state index contributed by atoms with van der Waals surface area (Å²) in [5.41, 5.74) is 22.5. The van der Waals surface area contributed by atoms with Gasteiger partial charge in [-0.15, -0.1) is 0 Å². The summed E-state index contributed by atoms with van der Waals surface area (Å²) >= 11 is 0. The Hall–Kier alpha value is -9.50. The number of allylic oxidation sites excluding steroid dienone is 5. The van der Waals surface area contributed by atoms with Crippen molar-refractivity contribution in [2.45, 2.75) is 59.3 Å². The summed E-state index contributed by atoms with van der Waals surface area (Å²) in [6.45, 7) is 20.4. The first-order valence-corrected chi connectivity index (χ1v) is 28.8. The average Bonchev–Trinajstić information content (AvgIpc) is 4.17. The van der Waals surface area contributed by atoms with Gasteiger partial charge in [0, 0.05) is 43.7 Å². The molecule has 2 aromatic heterocycles. The van der Waals surface area contributed by atoms with Crippen molar-refractivity contribution >= 4 is 115 Å². The van der Waals surface area contributed by atoms with Crippen LogP contribution in [0.15, 0.2) is 225 Å². The molecule has 0 spiro atoms. The maximum atomic E-state index is 4.29. The van der Waals surface area contributed by atoms with E-state index in [4.69, 9.17) is 0 Å². The van der Waals surface area contributed by atoms with E-state index >= 15 is 0 Å². The Balaban J connectivity index is 0.948. The van der Waals surface area contributed by atoms with Crippen molar-refractivity contribution < 1.29 is 0 Å². The maximum absolute atomic E-state index is 4.29. The van der Waals surface area contributed by atoms with Crippen LogP contribution in [0.5, 0.6) is 0 Å². The minimum Gasteiger partial charge on any atom is -0.309 e. The van der Waals surface area contributed by atoms with E-state index in [-0.39, 0.29) is 10.8 Å². The molecule has 14 aromatic rings. The van der Waals surface area contributed by atoms with Crippen LogP contribution in [0.1, 0.15) is 81.8 Å². The summed E-state index contributed by atoms with van der Waals surface area (Å²) in [7, 11) is 0. The van der Waals surface area contributed by atoms with Gasteiger partial charge in [-0.2, -0.15) is 0 Å². The van der Waals surface area contributed by atoms with Crippen LogP contribution >= 0.6 is 0 Å². The fourth-order valence-corrected chi connectivity index (χ4v) is 15.0. The molecular weight excluding hydrogens is 977 g/mol. The van der Waals surface area contributed by atoms with Crippen molar-refractivity contribution in [3.63, 3.8) is 0 Å². The Morgan fingerprint density at radius 2 is 0.790 bits per heavy atom. The largest absolute Gasteiger partial charge is 0.309 e. The lowest BCUT2D eigenvalue weighted by atomic mass is 9.81. The summed E-state index contributed by atoms with van der Waals surface area (Å²) in [4.78, 5) is 0. The van der Waals surface area contributed by atoms with Crippen LogP contribution in [-0.4, -0.2) is 9.13 Å². The highest BCUT2D eigenvalue weighted by atomic mass is 15.0. The van der Waals surface area contributed by atoms with E-state index in [1.807, 2.05) is 6.08 Å². The van der Waals surface area contributed by atoms with Crippen LogP contribution in [0.3, 0.4) is 0 Å². The highest BCUT2D eigenvalue weighted by Gasteiger charge is 2.37. The van der Waals surface area contributed by atoms with E-state index in [2.05, 4.69) is 283 Å². The first-order valence-electron chi connectivity index (χ1n) is 28.8. The van der Waals surface area contributed by atoms with E-state index < -0.39 is 0 Å². The molecule has 2 aliphatic rings. The standard InChI is InChI=1S/C79H60N2/c1-9-20-52-46(4)78(5,6)72-44-76-69(42-65(52)72)67-38-47(30-36-74(67)80(76)50-33-35-61-57-25-14-13-23-55(57)56-24-15-17-27-59(56)64(61)41-50)48-31-37-75-68(39-48)70-43-66-62-28-18-19-29-71(62)79(7,8)73(66)45-77(70)81(75)49-32-34-60-53(21-10-2)51(11-3)54-22-12-16-26-58(54)63(60)40-49/h9-45H,3H2,1-2,4-8H3/b20-9-,21-10-. The van der Waals surface area contributed by atoms with Gasteiger partial charge in [-0.3, -0.25) is 0 Å². The zero-order chi connectivity index (χ0) is 54.8. The maximum Gasteiger partial charge on any atom is 0.0544 e. The van der Waals surface area contributed by atoms with Gasteiger partial charge in [0.05, 0.1) is 22.1 Å². The van der Waals surface area contributed by atoms with Crippen molar-refractivity contribution in [1.82, 2.24) is 9.13 Å². The zero-order valence-corrected chi connectivity index (χ0v) is 47.0. The molecule has 2 nitrogen and oxygen atoms in total. The van der Waals surface area contributed by atoms with Gasteiger partial charge in [0.1, 0.15) is 0 Å². The second-order valence-corrected chi connectivity index (χ2v) is 23.9. The summed E-state index contributed by atoms with van der Waals surface area (Å²) in [6.07, 6.45) is 10.9. The lowest BCUT2D eigenvalue weighted by Gasteiger charge is -2.22. The molecule has 0 atom stereocenters. The van der Waals surface area contributed by atoms with Crippen LogP contribution < -0.4 is 0 Å². The van der Waals surface area contributed by atoms with E-state index in [1.165, 1.54) is 164 Å². The topological polar surface area (TPSA) is 9.86 Å². The van der Waals surface area contributed by atoms with Gasteiger partial charge >= 0.3 is 0 Å². The first-order chi connectivity index (χ1) is 39.5. The van der Waals surface area contributed by atoms with Crippen molar-refractivity contribution in [2.24, 2.45) is 0 Å². The lowest BCUT2D eigenvalue weighted by Crippen LogP contribution is -2.15. The minimum atomic E-state index is -0.157. The third kappa shape index (κ3) is 6.45. The van der Waals surface area contributed by atoms with Gasteiger partial charge in [0.2, 0.25) is 0 Å². The molecule has 81 heavy (non-hydrogen) atoms. The number of aromatic nitrogens is 2. The molecule has 0 bridgehead atoms. The number of rotatable bonds is 6. The van der Waals surface area contributed by atoms with Crippen molar-refractivity contribution in [3.8, 4) is 33.6 Å². The Kier molecular flexibility index (Phi) is 9.97. The quantitative estimate of drug-likeness (QED) is 0.147. The molecule has 2 heteroatoms. The van der Waals surface area contributed by atoms with Gasteiger partial charge in [-0.05, 0) is 209 Å². The monoisotopic (exact) mass is 1040 g/mol. The van der Waals surface area contributed by atoms with E-state index in [1.54, 1.807) is 0 Å². The van der Waals surface area contributed by atoms with Gasteiger partial charge in [-0.25, -0.2) is 0 Å². The van der Waals surface area contributed by atoms with Crippen LogP contribution in [0.4, 0.5) is 0 Å². The Morgan fingerprint density at radius 1 is 0.346 bits per heavy atom. The molecule has 12 aromatic carbocycles. The van der Waals surface area contributed by atoms with Crippen LogP contribution in [0, 0.1) is 0 Å². The highest BCUT2D eigenvalue weighted by molar-refractivity contribution is 6.26. The summed E-state index contributed by atoms with van der Waals surface area (Å²) in [6, 6.07) is 74.4. The van der Waals surface area contributed by atoms with Crippen molar-refractivity contribution in [3.05, 3.63) is 258 Å². The van der Waals surface area contributed by atoms with Gasteiger partial charge in [0.25, 0.3) is 0 Å². The predicted octanol–water partition coefficient (Wildman–Crippen LogP) is 21.9. The summed E-state index contributed by atoms with van der Waals surface area (Å²) in [5.74, 6) is 0. The number of hydrogen-bond acceptors (Lipinski definition) is 0. The highest BCUT2D eigenvalue weighted by Crippen LogP contribution is 2.53. The summed E-state index contributed by atoms with van der Waals surface area (Å²) in [5, 5.41) is 17.6. The molecule has 0 N–H and O–H groups in total. The van der Waals surface area contributed by atoms with E-state index in [0.29, 0.717) is 0 Å². The molecule has 0 radical (unpaired) electrons. The summed E-state index contributed by atoms with van der Waals surface area (Å²) < 4.78 is 5.07. The smallest absolute Gasteiger partial charge is 0.0544 e. The van der Waals surface area contributed by atoms with Crippen molar-refractivity contribution in [2.75, 3.05) is 0 Å². The van der Waals surface area contributed by atoms with Gasteiger partial charge < -0.3 is 9.13 Å². The number of hydrogen-bond donors (Lipinski definition) is 0. The molecule has 0 fully saturated rings. The molecule has 0 saturated heterocycles. The third-order valence-corrected chi connectivity index (χ3v) is 19.2. The van der Waals surface area contributed by atoms with Gasteiger partial charge in [0.15, 0.2) is 0 Å². The lowest BCUT2D eigenvalue weighted by molar-refractivity contribution is 0.640. The fraction of sp³-hybridized carbons (Fsp3) is 0.114. The molecule has 386 valence electrons. The fourth-order valence-electron chi connectivity index (χ4n) is 15.0. The number of benzene rings is 12. The van der Waals surface area contributed by atoms with E-state index in [9.17, 15) is 0 Å². The van der Waals surface area contributed by atoms with Crippen LogP contribution in [-0.2, 0) is 10.8 Å². The molecule has 2 heterocycles. The zero-order valence-electron chi connectivity index (χ0n) is 47.0. The Labute approximate surface area is 472 Å². The molecule has 0 aliphatic heterocycles. The normalized spacial score (nSPS) is 14.7. The Bertz CT molecular complexity index is 5230. The van der Waals surface area contributed by atoms with Crippen LogP contribution in [0.2, 0.25) is 0 Å². The number of fused-ring (bicyclic) bond motifs is 19. The molecule has 2 aliphatic carbocycles. The van der Waals surface area contributed by atoms with Crippen LogP contribution in [0.25, 0.3) is 149 Å². The second kappa shape index (κ2) is 17.0. The Morgan fingerprint density at radius 3 is 1.36 bits per heavy atom. The SMILES string of the molecule is C=Cc1c(/C=C\C)c2ccc(-n3c4ccc(-c5ccc6c(c5)c5cc7c(cc5n6-c5ccc6c8ccccc8c8ccccc8c6c5)C(C)(C)C(C)=C7/C=C\C)cc4c4cc5c(cc43)C(C)(C)c3ccccc3-5)cc2c2ccccc12. The second-order valence-electron chi connectivity index (χ2n) is 23.9. The van der Waals surface area contributed by atoms with Crippen molar-refractivity contribution in [1.29, 1.82) is 0 Å². The molecular formula is C79H60N2. The molecule has 0 amide bonds.